The van der Waals surface area contributed by atoms with Crippen LogP contribution >= 0.6 is 27.3 Å². The van der Waals surface area contributed by atoms with Crippen LogP contribution in [0.1, 0.15) is 5.01 Å². The Labute approximate surface area is 103 Å². The van der Waals surface area contributed by atoms with Crippen LogP contribution in [0.25, 0.3) is 0 Å². The summed E-state index contributed by atoms with van der Waals surface area (Å²) < 4.78 is 19.0. The third-order valence-corrected chi connectivity index (χ3v) is 2.86. The second-order valence-electron chi connectivity index (χ2n) is 2.93. The van der Waals surface area contributed by atoms with E-state index in [4.69, 9.17) is 10.5 Å². The standard InChI is InChI=1S/C9H7BrFN3OS/c10-5-1-6(11)3-7(2-5)15-4-8-13-14-9(12)16-8/h1-3H,4H2,(H2,12,14). The first kappa shape index (κ1) is 11.3. The van der Waals surface area contributed by atoms with Crippen molar-refractivity contribution in [3.8, 4) is 5.75 Å². The molecule has 0 aliphatic carbocycles. The molecule has 0 saturated carbocycles. The van der Waals surface area contributed by atoms with Gasteiger partial charge in [-0.3, -0.25) is 0 Å². The van der Waals surface area contributed by atoms with Crippen molar-refractivity contribution < 1.29 is 9.13 Å². The molecule has 0 aliphatic heterocycles. The molecule has 2 rings (SSSR count). The van der Waals surface area contributed by atoms with Crippen molar-refractivity contribution in [3.63, 3.8) is 0 Å². The lowest BCUT2D eigenvalue weighted by molar-refractivity contribution is 0.302. The van der Waals surface area contributed by atoms with Crippen molar-refractivity contribution in [3.05, 3.63) is 33.5 Å². The molecule has 0 bridgehead atoms. The van der Waals surface area contributed by atoms with Gasteiger partial charge in [0.15, 0.2) is 5.01 Å². The molecular weight excluding hydrogens is 297 g/mol. The van der Waals surface area contributed by atoms with Crippen LogP contribution in [0, 0.1) is 5.82 Å². The van der Waals surface area contributed by atoms with Gasteiger partial charge in [-0.25, -0.2) is 4.39 Å². The second-order valence-corrected chi connectivity index (χ2v) is 4.94. The van der Waals surface area contributed by atoms with Crippen LogP contribution in [0.2, 0.25) is 0 Å². The zero-order valence-electron chi connectivity index (χ0n) is 7.98. The third-order valence-electron chi connectivity index (χ3n) is 1.68. The summed E-state index contributed by atoms with van der Waals surface area (Å²) >= 11 is 4.42. The SMILES string of the molecule is Nc1nnc(COc2cc(F)cc(Br)c2)s1. The number of hydrogen-bond acceptors (Lipinski definition) is 5. The molecule has 0 spiro atoms. The molecule has 0 unspecified atom stereocenters. The fourth-order valence-electron chi connectivity index (χ4n) is 1.08. The van der Waals surface area contributed by atoms with Gasteiger partial charge in [0, 0.05) is 10.5 Å². The van der Waals surface area contributed by atoms with Crippen LogP contribution < -0.4 is 10.5 Å². The number of anilines is 1. The monoisotopic (exact) mass is 303 g/mol. The van der Waals surface area contributed by atoms with Crippen LogP contribution in [0.5, 0.6) is 5.75 Å². The fraction of sp³-hybridized carbons (Fsp3) is 0.111. The first-order valence-corrected chi connectivity index (χ1v) is 5.91. The highest BCUT2D eigenvalue weighted by Gasteiger charge is 2.04. The largest absolute Gasteiger partial charge is 0.486 e. The summed E-state index contributed by atoms with van der Waals surface area (Å²) in [5.74, 6) is 0.0711. The first-order valence-electron chi connectivity index (χ1n) is 4.30. The molecule has 2 N–H and O–H groups in total. The van der Waals surface area contributed by atoms with E-state index < -0.39 is 0 Å². The van der Waals surface area contributed by atoms with Gasteiger partial charge in [-0.05, 0) is 12.1 Å². The van der Waals surface area contributed by atoms with Crippen molar-refractivity contribution in [2.24, 2.45) is 0 Å². The summed E-state index contributed by atoms with van der Waals surface area (Å²) in [6, 6.07) is 4.33. The quantitative estimate of drug-likeness (QED) is 0.947. The van der Waals surface area contributed by atoms with Crippen LogP contribution in [0.4, 0.5) is 9.52 Å². The van der Waals surface area contributed by atoms with Gasteiger partial charge in [0.1, 0.15) is 18.2 Å². The van der Waals surface area contributed by atoms with E-state index in [1.54, 1.807) is 6.07 Å². The molecule has 4 nitrogen and oxygen atoms in total. The Bertz CT molecular complexity index is 485. The van der Waals surface area contributed by atoms with Gasteiger partial charge in [-0.2, -0.15) is 0 Å². The van der Waals surface area contributed by atoms with Gasteiger partial charge in [-0.15, -0.1) is 10.2 Å². The number of nitrogens with zero attached hydrogens (tertiary/aromatic N) is 2. The normalized spacial score (nSPS) is 10.4. The fourth-order valence-corrected chi connectivity index (χ4v) is 2.05. The Morgan fingerprint density at radius 1 is 1.38 bits per heavy atom. The maximum absolute atomic E-state index is 13.0. The molecule has 1 aromatic carbocycles. The Hall–Kier alpha value is -1.21. The first-order chi connectivity index (χ1) is 7.63. The Balaban J connectivity index is 2.04. The maximum atomic E-state index is 13.0. The highest BCUT2D eigenvalue weighted by atomic mass is 79.9. The molecule has 16 heavy (non-hydrogen) atoms. The number of halogens is 2. The molecule has 0 amide bonds. The van der Waals surface area contributed by atoms with E-state index in [0.29, 0.717) is 20.4 Å². The number of rotatable bonds is 3. The highest BCUT2D eigenvalue weighted by Crippen LogP contribution is 2.22. The van der Waals surface area contributed by atoms with Gasteiger partial charge < -0.3 is 10.5 Å². The van der Waals surface area contributed by atoms with E-state index in [-0.39, 0.29) is 12.4 Å². The van der Waals surface area contributed by atoms with Gasteiger partial charge in [0.2, 0.25) is 5.13 Å². The maximum Gasteiger partial charge on any atom is 0.203 e. The summed E-state index contributed by atoms with van der Waals surface area (Å²) in [5, 5.41) is 8.47. The van der Waals surface area contributed by atoms with E-state index in [9.17, 15) is 4.39 Å². The van der Waals surface area contributed by atoms with Crippen LogP contribution in [0.15, 0.2) is 22.7 Å². The second kappa shape index (κ2) is 4.75. The smallest absolute Gasteiger partial charge is 0.203 e. The zero-order valence-corrected chi connectivity index (χ0v) is 10.4. The Kier molecular flexibility index (Phi) is 3.35. The van der Waals surface area contributed by atoms with Crippen molar-refractivity contribution in [2.45, 2.75) is 6.61 Å². The molecule has 0 radical (unpaired) electrons. The number of aromatic nitrogens is 2. The summed E-state index contributed by atoms with van der Waals surface area (Å²) in [6.45, 7) is 0.227. The highest BCUT2D eigenvalue weighted by molar-refractivity contribution is 9.10. The number of ether oxygens (including phenoxy) is 1. The van der Waals surface area contributed by atoms with Crippen LogP contribution in [0.3, 0.4) is 0 Å². The topological polar surface area (TPSA) is 61.0 Å². The minimum absolute atomic E-state index is 0.227. The average molecular weight is 304 g/mol. The molecule has 84 valence electrons. The number of benzene rings is 1. The number of nitrogens with two attached hydrogens (primary N) is 1. The molecule has 0 saturated heterocycles. The molecule has 1 aromatic heterocycles. The van der Waals surface area contributed by atoms with Gasteiger partial charge >= 0.3 is 0 Å². The van der Waals surface area contributed by atoms with Gasteiger partial charge in [0.25, 0.3) is 0 Å². The molecule has 1 heterocycles. The lowest BCUT2D eigenvalue weighted by Crippen LogP contribution is -1.95. The lowest BCUT2D eigenvalue weighted by Gasteiger charge is -2.04. The van der Waals surface area contributed by atoms with E-state index in [0.717, 1.165) is 0 Å². The molecule has 7 heteroatoms. The van der Waals surface area contributed by atoms with E-state index in [1.165, 1.54) is 23.5 Å². The van der Waals surface area contributed by atoms with Gasteiger partial charge in [-0.1, -0.05) is 27.3 Å². The van der Waals surface area contributed by atoms with E-state index >= 15 is 0 Å². The molecule has 0 aliphatic rings. The van der Waals surface area contributed by atoms with Crippen LogP contribution in [-0.4, -0.2) is 10.2 Å². The summed E-state index contributed by atoms with van der Waals surface area (Å²) in [4.78, 5) is 0. The van der Waals surface area contributed by atoms with Crippen LogP contribution in [-0.2, 0) is 6.61 Å². The van der Waals surface area contributed by atoms with Gasteiger partial charge in [0.05, 0.1) is 0 Å². The summed E-state index contributed by atoms with van der Waals surface area (Å²) in [7, 11) is 0. The van der Waals surface area contributed by atoms with Crippen molar-refractivity contribution in [1.82, 2.24) is 10.2 Å². The molecule has 0 atom stereocenters. The lowest BCUT2D eigenvalue weighted by atomic mass is 10.3. The van der Waals surface area contributed by atoms with Crippen molar-refractivity contribution >= 4 is 32.4 Å². The molecular formula is C9H7BrFN3OS. The Morgan fingerprint density at radius 2 is 2.19 bits per heavy atom. The Morgan fingerprint density at radius 3 is 2.81 bits per heavy atom. The van der Waals surface area contributed by atoms with E-state index in [1.807, 2.05) is 0 Å². The predicted molar refractivity (Wildman–Crippen MR) is 62.8 cm³/mol. The minimum atomic E-state index is -0.360. The van der Waals surface area contributed by atoms with Crippen molar-refractivity contribution in [2.75, 3.05) is 5.73 Å². The zero-order chi connectivity index (χ0) is 11.5. The third kappa shape index (κ3) is 2.89. The predicted octanol–water partition coefficient (Wildman–Crippen LogP) is 2.60. The van der Waals surface area contributed by atoms with Crippen molar-refractivity contribution in [1.29, 1.82) is 0 Å². The number of hydrogen-bond donors (Lipinski definition) is 1. The average Bonchev–Trinajstić information content (AvgIpc) is 2.60. The van der Waals surface area contributed by atoms with E-state index in [2.05, 4.69) is 26.1 Å². The summed E-state index contributed by atoms with van der Waals surface area (Å²) in [6.07, 6.45) is 0. The minimum Gasteiger partial charge on any atom is -0.486 e. The molecule has 2 aromatic rings. The summed E-state index contributed by atoms with van der Waals surface area (Å²) in [5.41, 5.74) is 5.42. The molecule has 0 fully saturated rings. The number of nitrogen functional groups attached to an aromatic ring is 1.